The van der Waals surface area contributed by atoms with Gasteiger partial charge in [0.25, 0.3) is 0 Å². The quantitative estimate of drug-likeness (QED) is 0.371. The fourth-order valence-corrected chi connectivity index (χ4v) is 2.24. The number of halogens is 1. The maximum atomic E-state index is 5.18. The van der Waals surface area contributed by atoms with E-state index in [1.54, 1.807) is 7.11 Å². The van der Waals surface area contributed by atoms with Crippen LogP contribution in [-0.4, -0.2) is 38.7 Å². The van der Waals surface area contributed by atoms with Crippen LogP contribution in [0, 0.1) is 0 Å². The van der Waals surface area contributed by atoms with E-state index in [1.807, 2.05) is 55.5 Å². The molecule has 0 spiro atoms. The van der Waals surface area contributed by atoms with Crippen molar-refractivity contribution in [2.75, 3.05) is 32.6 Å². The first-order valence-electron chi connectivity index (χ1n) is 8.39. The van der Waals surface area contributed by atoms with Gasteiger partial charge >= 0.3 is 0 Å². The van der Waals surface area contributed by atoms with E-state index in [2.05, 4.69) is 33.6 Å². The highest BCUT2D eigenvalue weighted by molar-refractivity contribution is 14.0. The molecule has 0 radical (unpaired) electrons. The van der Waals surface area contributed by atoms with Crippen molar-refractivity contribution in [1.82, 2.24) is 15.6 Å². The molecule has 0 bridgehead atoms. The Morgan fingerprint density at radius 1 is 1.12 bits per heavy atom. The molecular weight excluding hydrogens is 441 g/mol. The maximum Gasteiger partial charge on any atom is 0.191 e. The number of aromatic nitrogens is 1. The van der Waals surface area contributed by atoms with Crippen LogP contribution in [0.15, 0.2) is 47.6 Å². The van der Waals surface area contributed by atoms with Crippen molar-refractivity contribution in [1.29, 1.82) is 0 Å². The van der Waals surface area contributed by atoms with Crippen molar-refractivity contribution >= 4 is 35.8 Å². The minimum Gasteiger partial charge on any atom is -0.497 e. The van der Waals surface area contributed by atoms with Gasteiger partial charge in [0.1, 0.15) is 11.6 Å². The van der Waals surface area contributed by atoms with Crippen molar-refractivity contribution in [2.24, 2.45) is 4.99 Å². The molecule has 0 amide bonds. The van der Waals surface area contributed by atoms with E-state index in [0.717, 1.165) is 29.6 Å². The largest absolute Gasteiger partial charge is 0.497 e. The zero-order chi connectivity index (χ0) is 18.1. The van der Waals surface area contributed by atoms with Crippen LogP contribution in [0.5, 0.6) is 5.75 Å². The Kier molecular flexibility index (Phi) is 9.79. The molecule has 0 aliphatic carbocycles. The van der Waals surface area contributed by atoms with Crippen molar-refractivity contribution < 1.29 is 4.74 Å². The monoisotopic (exact) mass is 469 g/mol. The van der Waals surface area contributed by atoms with E-state index in [1.165, 1.54) is 5.56 Å². The molecule has 0 saturated carbocycles. The van der Waals surface area contributed by atoms with Crippen LogP contribution in [0.25, 0.3) is 0 Å². The van der Waals surface area contributed by atoms with Gasteiger partial charge in [-0.1, -0.05) is 12.1 Å². The zero-order valence-electron chi connectivity index (χ0n) is 15.8. The van der Waals surface area contributed by atoms with Crippen LogP contribution in [0.1, 0.15) is 18.1 Å². The van der Waals surface area contributed by atoms with Gasteiger partial charge in [0.15, 0.2) is 5.96 Å². The third-order valence-corrected chi connectivity index (χ3v) is 3.65. The lowest BCUT2D eigenvalue weighted by atomic mass is 10.2. The number of rotatable bonds is 7. The summed E-state index contributed by atoms with van der Waals surface area (Å²) in [6.45, 7) is 4.17. The van der Waals surface area contributed by atoms with Crippen LogP contribution >= 0.6 is 24.0 Å². The molecule has 0 unspecified atom stereocenters. The number of hydrogen-bond donors (Lipinski definition) is 2. The molecule has 6 nitrogen and oxygen atoms in total. The van der Waals surface area contributed by atoms with Crippen molar-refractivity contribution in [3.05, 3.63) is 53.7 Å². The Labute approximate surface area is 173 Å². The molecular formula is C19H28IN5O. The van der Waals surface area contributed by atoms with E-state index >= 15 is 0 Å². The summed E-state index contributed by atoms with van der Waals surface area (Å²) in [4.78, 5) is 11.0. The third-order valence-electron chi connectivity index (χ3n) is 3.65. The molecule has 0 aliphatic heterocycles. The molecule has 26 heavy (non-hydrogen) atoms. The molecule has 142 valence electrons. The lowest BCUT2D eigenvalue weighted by Gasteiger charge is -2.13. The standard InChI is InChI=1S/C19H27N5O.HI/c1-5-20-19(22-13-15-6-8-17(25-4)9-7-15)23-14-16-10-11-21-18(12-16)24(2)3;/h6-12H,5,13-14H2,1-4H3,(H2,20,22,23);1H. The first-order chi connectivity index (χ1) is 12.1. The lowest BCUT2D eigenvalue weighted by Crippen LogP contribution is -2.36. The summed E-state index contributed by atoms with van der Waals surface area (Å²) in [6, 6.07) is 12.0. The van der Waals surface area contributed by atoms with Crippen LogP contribution in [0.2, 0.25) is 0 Å². The highest BCUT2D eigenvalue weighted by Crippen LogP contribution is 2.11. The van der Waals surface area contributed by atoms with E-state index in [-0.39, 0.29) is 24.0 Å². The summed E-state index contributed by atoms with van der Waals surface area (Å²) in [7, 11) is 5.63. The number of ether oxygens (including phenoxy) is 1. The summed E-state index contributed by atoms with van der Waals surface area (Å²) >= 11 is 0. The van der Waals surface area contributed by atoms with Gasteiger partial charge in [-0.05, 0) is 42.3 Å². The van der Waals surface area contributed by atoms with E-state index < -0.39 is 0 Å². The first-order valence-corrected chi connectivity index (χ1v) is 8.39. The molecule has 1 aromatic heterocycles. The molecule has 7 heteroatoms. The van der Waals surface area contributed by atoms with Crippen LogP contribution in [0.3, 0.4) is 0 Å². The number of hydrogen-bond acceptors (Lipinski definition) is 4. The summed E-state index contributed by atoms with van der Waals surface area (Å²) < 4.78 is 5.18. The Hall–Kier alpha value is -2.03. The Morgan fingerprint density at radius 3 is 2.46 bits per heavy atom. The molecule has 1 aromatic carbocycles. The average molecular weight is 469 g/mol. The number of guanidine groups is 1. The predicted octanol–water partition coefficient (Wildman–Crippen LogP) is 3.03. The minimum absolute atomic E-state index is 0. The van der Waals surface area contributed by atoms with Crippen molar-refractivity contribution in [3.8, 4) is 5.75 Å². The summed E-state index contributed by atoms with van der Waals surface area (Å²) in [5.41, 5.74) is 2.30. The Bertz CT molecular complexity index is 689. The molecule has 2 aromatic rings. The Balaban J connectivity index is 0.00000338. The summed E-state index contributed by atoms with van der Waals surface area (Å²) in [5.74, 6) is 2.59. The first kappa shape index (κ1) is 22.0. The number of pyridine rings is 1. The van der Waals surface area contributed by atoms with E-state index in [0.29, 0.717) is 13.1 Å². The maximum absolute atomic E-state index is 5.18. The van der Waals surface area contributed by atoms with Gasteiger partial charge in [-0.25, -0.2) is 9.98 Å². The second kappa shape index (κ2) is 11.6. The third kappa shape index (κ3) is 7.07. The highest BCUT2D eigenvalue weighted by Gasteiger charge is 2.01. The number of methoxy groups -OCH3 is 1. The molecule has 0 atom stereocenters. The predicted molar refractivity (Wildman–Crippen MR) is 119 cm³/mol. The number of nitrogens with zero attached hydrogens (tertiary/aromatic N) is 3. The van der Waals surface area contributed by atoms with Crippen LogP contribution < -0.4 is 20.3 Å². The summed E-state index contributed by atoms with van der Waals surface area (Å²) in [5, 5.41) is 6.63. The highest BCUT2D eigenvalue weighted by atomic mass is 127. The SMILES string of the molecule is CCNC(=NCc1ccnc(N(C)C)c1)NCc1ccc(OC)cc1.I. The molecule has 1 heterocycles. The van der Waals surface area contributed by atoms with Crippen molar-refractivity contribution in [2.45, 2.75) is 20.0 Å². The topological polar surface area (TPSA) is 61.8 Å². The molecule has 0 saturated heterocycles. The lowest BCUT2D eigenvalue weighted by molar-refractivity contribution is 0.414. The molecule has 0 aliphatic rings. The molecule has 2 N–H and O–H groups in total. The Morgan fingerprint density at radius 2 is 1.85 bits per heavy atom. The minimum atomic E-state index is 0. The van der Waals surface area contributed by atoms with Crippen LogP contribution in [-0.2, 0) is 13.1 Å². The normalized spacial score (nSPS) is 10.7. The fraction of sp³-hybridized carbons (Fsp3) is 0.368. The second-order valence-electron chi connectivity index (χ2n) is 5.81. The van der Waals surface area contributed by atoms with Gasteiger partial charge in [0, 0.05) is 33.4 Å². The average Bonchev–Trinajstić information content (AvgIpc) is 2.64. The van der Waals surface area contributed by atoms with Gasteiger partial charge in [-0.2, -0.15) is 0 Å². The van der Waals surface area contributed by atoms with Crippen molar-refractivity contribution in [3.63, 3.8) is 0 Å². The molecule has 2 rings (SSSR count). The number of nitrogens with one attached hydrogen (secondary N) is 2. The van der Waals surface area contributed by atoms with Gasteiger partial charge in [-0.15, -0.1) is 24.0 Å². The smallest absolute Gasteiger partial charge is 0.191 e. The van der Waals surface area contributed by atoms with Gasteiger partial charge in [0.05, 0.1) is 13.7 Å². The van der Waals surface area contributed by atoms with Crippen LogP contribution in [0.4, 0.5) is 5.82 Å². The fourth-order valence-electron chi connectivity index (χ4n) is 2.24. The zero-order valence-corrected chi connectivity index (χ0v) is 18.2. The van der Waals surface area contributed by atoms with Gasteiger partial charge < -0.3 is 20.3 Å². The molecule has 0 fully saturated rings. The number of anilines is 1. The van der Waals surface area contributed by atoms with E-state index in [4.69, 9.17) is 4.74 Å². The second-order valence-corrected chi connectivity index (χ2v) is 5.81. The van der Waals surface area contributed by atoms with Gasteiger partial charge in [-0.3, -0.25) is 0 Å². The van der Waals surface area contributed by atoms with Gasteiger partial charge in [0.2, 0.25) is 0 Å². The number of benzene rings is 1. The van der Waals surface area contributed by atoms with E-state index in [9.17, 15) is 0 Å². The number of aliphatic imine (C=N–C) groups is 1. The summed E-state index contributed by atoms with van der Waals surface area (Å²) in [6.07, 6.45) is 1.82.